The van der Waals surface area contributed by atoms with Gasteiger partial charge in [0.1, 0.15) is 5.82 Å². The number of hydrogen-bond acceptors (Lipinski definition) is 2. The van der Waals surface area contributed by atoms with E-state index in [-0.39, 0.29) is 0 Å². The van der Waals surface area contributed by atoms with Gasteiger partial charge in [-0.2, -0.15) is 5.10 Å². The van der Waals surface area contributed by atoms with E-state index in [0.717, 1.165) is 23.1 Å². The van der Waals surface area contributed by atoms with Gasteiger partial charge in [0.25, 0.3) is 0 Å². The van der Waals surface area contributed by atoms with Crippen LogP contribution in [0.5, 0.6) is 0 Å². The first-order valence-corrected chi connectivity index (χ1v) is 6.85. The number of H-pyrrole nitrogens is 1. The van der Waals surface area contributed by atoms with Crippen molar-refractivity contribution in [3.05, 3.63) is 46.5 Å². The minimum atomic E-state index is 0.570. The molecule has 1 aliphatic carbocycles. The molecule has 1 fully saturated rings. The topological polar surface area (TPSA) is 41.6 Å². The third-order valence-electron chi connectivity index (χ3n) is 3.55. The normalized spacial score (nSPS) is 16.3. The zero-order chi connectivity index (χ0) is 12.4. The highest BCUT2D eigenvalue weighted by Gasteiger charge is 2.20. The predicted octanol–water partition coefficient (Wildman–Crippen LogP) is 3.71. The van der Waals surface area contributed by atoms with Crippen molar-refractivity contribution in [2.45, 2.75) is 38.0 Å². The van der Waals surface area contributed by atoms with E-state index in [4.69, 9.17) is 11.6 Å². The lowest BCUT2D eigenvalue weighted by Crippen LogP contribution is -1.95. The van der Waals surface area contributed by atoms with E-state index in [9.17, 15) is 0 Å². The Labute approximate surface area is 112 Å². The SMILES string of the molecule is Clc1ccc(Cc2nc(C3CCCC3)n[nH]2)cc1. The fourth-order valence-corrected chi connectivity index (χ4v) is 2.68. The molecule has 1 aromatic carbocycles. The summed E-state index contributed by atoms with van der Waals surface area (Å²) in [5.41, 5.74) is 1.20. The highest BCUT2D eigenvalue weighted by atomic mass is 35.5. The number of rotatable bonds is 3. The van der Waals surface area contributed by atoms with Crippen LogP contribution >= 0.6 is 11.6 Å². The lowest BCUT2D eigenvalue weighted by Gasteiger charge is -2.01. The molecule has 3 rings (SSSR count). The van der Waals surface area contributed by atoms with E-state index in [2.05, 4.69) is 15.2 Å². The molecule has 0 amide bonds. The van der Waals surface area contributed by atoms with E-state index in [0.29, 0.717) is 5.92 Å². The average Bonchev–Trinajstić information content (AvgIpc) is 3.02. The Morgan fingerprint density at radius 3 is 2.61 bits per heavy atom. The second-order valence-corrected chi connectivity index (χ2v) is 5.36. The molecule has 0 radical (unpaired) electrons. The molecule has 0 atom stereocenters. The molecule has 0 spiro atoms. The summed E-state index contributed by atoms with van der Waals surface area (Å²) in [6.45, 7) is 0. The van der Waals surface area contributed by atoms with Crippen molar-refractivity contribution >= 4 is 11.6 Å². The summed E-state index contributed by atoms with van der Waals surface area (Å²) < 4.78 is 0. The Hall–Kier alpha value is -1.35. The van der Waals surface area contributed by atoms with Gasteiger partial charge in [-0.05, 0) is 30.5 Å². The number of halogens is 1. The number of aromatic amines is 1. The average molecular weight is 262 g/mol. The van der Waals surface area contributed by atoms with Crippen molar-refractivity contribution in [3.8, 4) is 0 Å². The van der Waals surface area contributed by atoms with Crippen molar-refractivity contribution in [2.75, 3.05) is 0 Å². The van der Waals surface area contributed by atoms with Crippen LogP contribution in [0.25, 0.3) is 0 Å². The van der Waals surface area contributed by atoms with Gasteiger partial charge >= 0.3 is 0 Å². The number of hydrogen-bond donors (Lipinski definition) is 1. The maximum Gasteiger partial charge on any atom is 0.153 e. The van der Waals surface area contributed by atoms with E-state index in [1.807, 2.05) is 24.3 Å². The van der Waals surface area contributed by atoms with Crippen molar-refractivity contribution in [3.63, 3.8) is 0 Å². The van der Waals surface area contributed by atoms with Gasteiger partial charge in [-0.3, -0.25) is 5.10 Å². The molecule has 0 saturated heterocycles. The fourth-order valence-electron chi connectivity index (χ4n) is 2.55. The predicted molar refractivity (Wildman–Crippen MR) is 71.8 cm³/mol. The highest BCUT2D eigenvalue weighted by molar-refractivity contribution is 6.30. The summed E-state index contributed by atoms with van der Waals surface area (Å²) in [5, 5.41) is 8.17. The van der Waals surface area contributed by atoms with Crippen LogP contribution in [-0.4, -0.2) is 15.2 Å². The monoisotopic (exact) mass is 261 g/mol. The Bertz CT molecular complexity index is 512. The van der Waals surface area contributed by atoms with Crippen LogP contribution in [0.3, 0.4) is 0 Å². The molecule has 4 heteroatoms. The van der Waals surface area contributed by atoms with E-state index in [1.54, 1.807) is 0 Å². The molecular weight excluding hydrogens is 246 g/mol. The Morgan fingerprint density at radius 1 is 1.17 bits per heavy atom. The summed E-state index contributed by atoms with van der Waals surface area (Å²) in [6.07, 6.45) is 5.88. The first-order chi connectivity index (χ1) is 8.81. The number of benzene rings is 1. The lowest BCUT2D eigenvalue weighted by molar-refractivity contribution is 0.671. The van der Waals surface area contributed by atoms with Crippen LogP contribution in [-0.2, 0) is 6.42 Å². The van der Waals surface area contributed by atoms with Gasteiger partial charge in [0.05, 0.1) is 0 Å². The quantitative estimate of drug-likeness (QED) is 0.915. The first-order valence-electron chi connectivity index (χ1n) is 6.47. The summed E-state index contributed by atoms with van der Waals surface area (Å²) in [4.78, 5) is 4.61. The third kappa shape index (κ3) is 2.56. The molecule has 1 aliphatic rings. The van der Waals surface area contributed by atoms with Gasteiger partial charge in [0.2, 0.25) is 0 Å². The van der Waals surface area contributed by atoms with Gasteiger partial charge in [-0.25, -0.2) is 4.98 Å². The maximum atomic E-state index is 5.87. The van der Waals surface area contributed by atoms with Crippen molar-refractivity contribution < 1.29 is 0 Å². The number of aromatic nitrogens is 3. The smallest absolute Gasteiger partial charge is 0.153 e. The van der Waals surface area contributed by atoms with Gasteiger partial charge in [-0.15, -0.1) is 0 Å². The zero-order valence-electron chi connectivity index (χ0n) is 10.2. The largest absolute Gasteiger partial charge is 0.263 e. The molecule has 94 valence electrons. The van der Waals surface area contributed by atoms with Gasteiger partial charge in [-0.1, -0.05) is 36.6 Å². The molecule has 1 aromatic heterocycles. The molecule has 18 heavy (non-hydrogen) atoms. The molecule has 1 saturated carbocycles. The standard InChI is InChI=1S/C14H16ClN3/c15-12-7-5-10(6-8-12)9-13-16-14(18-17-13)11-3-1-2-4-11/h5-8,11H,1-4,9H2,(H,16,17,18). The van der Waals surface area contributed by atoms with Gasteiger partial charge in [0.15, 0.2) is 5.82 Å². The van der Waals surface area contributed by atoms with E-state index in [1.165, 1.54) is 31.2 Å². The Morgan fingerprint density at radius 2 is 1.89 bits per heavy atom. The second-order valence-electron chi connectivity index (χ2n) is 4.92. The summed E-state index contributed by atoms with van der Waals surface area (Å²) in [7, 11) is 0. The molecule has 0 bridgehead atoms. The van der Waals surface area contributed by atoms with Crippen LogP contribution in [0, 0.1) is 0 Å². The van der Waals surface area contributed by atoms with Crippen LogP contribution in [0.1, 0.15) is 48.8 Å². The van der Waals surface area contributed by atoms with Gasteiger partial charge < -0.3 is 0 Å². The fraction of sp³-hybridized carbons (Fsp3) is 0.429. The van der Waals surface area contributed by atoms with E-state index < -0.39 is 0 Å². The molecule has 3 nitrogen and oxygen atoms in total. The van der Waals surface area contributed by atoms with Crippen LogP contribution in [0.15, 0.2) is 24.3 Å². The minimum Gasteiger partial charge on any atom is -0.263 e. The molecular formula is C14H16ClN3. The molecule has 1 N–H and O–H groups in total. The molecule has 0 aliphatic heterocycles. The minimum absolute atomic E-state index is 0.570. The summed E-state index contributed by atoms with van der Waals surface area (Å²) in [5.74, 6) is 2.51. The van der Waals surface area contributed by atoms with Crippen molar-refractivity contribution in [2.24, 2.45) is 0 Å². The molecule has 1 heterocycles. The molecule has 2 aromatic rings. The third-order valence-corrected chi connectivity index (χ3v) is 3.81. The van der Waals surface area contributed by atoms with Crippen molar-refractivity contribution in [1.29, 1.82) is 0 Å². The van der Waals surface area contributed by atoms with Crippen molar-refractivity contribution in [1.82, 2.24) is 15.2 Å². The lowest BCUT2D eigenvalue weighted by atomic mass is 10.1. The highest BCUT2D eigenvalue weighted by Crippen LogP contribution is 2.31. The Balaban J connectivity index is 1.71. The summed E-state index contributed by atoms with van der Waals surface area (Å²) >= 11 is 5.87. The molecule has 0 unspecified atom stereocenters. The first kappa shape index (κ1) is 11.7. The number of nitrogens with zero attached hydrogens (tertiary/aromatic N) is 2. The number of nitrogens with one attached hydrogen (secondary N) is 1. The van der Waals surface area contributed by atoms with Gasteiger partial charge in [0, 0.05) is 17.4 Å². The van der Waals surface area contributed by atoms with Crippen LogP contribution in [0.4, 0.5) is 0 Å². The maximum absolute atomic E-state index is 5.87. The van der Waals surface area contributed by atoms with E-state index >= 15 is 0 Å². The second kappa shape index (κ2) is 5.11. The summed E-state index contributed by atoms with van der Waals surface area (Å²) in [6, 6.07) is 7.87. The van der Waals surface area contributed by atoms with Crippen LogP contribution in [0.2, 0.25) is 5.02 Å². The van der Waals surface area contributed by atoms with Crippen LogP contribution < -0.4 is 0 Å². The Kier molecular flexibility index (Phi) is 3.33. The zero-order valence-corrected chi connectivity index (χ0v) is 11.0.